The number of nitrogens with one attached hydrogen (secondary N) is 1. The van der Waals surface area contributed by atoms with Crippen molar-refractivity contribution >= 4 is 0 Å². The van der Waals surface area contributed by atoms with Gasteiger partial charge in [0.25, 0.3) is 0 Å². The summed E-state index contributed by atoms with van der Waals surface area (Å²) in [6.07, 6.45) is 6.59. The van der Waals surface area contributed by atoms with Gasteiger partial charge in [-0.2, -0.15) is 0 Å². The van der Waals surface area contributed by atoms with Gasteiger partial charge < -0.3 is 19.9 Å². The maximum Gasteiger partial charge on any atom is 0.165 e. The Labute approximate surface area is 126 Å². The van der Waals surface area contributed by atoms with E-state index < -0.39 is 5.60 Å². The minimum Gasteiger partial charge on any atom is -0.486 e. The third kappa shape index (κ3) is 3.69. The number of hydrogen-bond donors (Lipinski definition) is 2. The zero-order chi connectivity index (χ0) is 14.5. The molecule has 116 valence electrons. The smallest absolute Gasteiger partial charge is 0.165 e. The van der Waals surface area contributed by atoms with Gasteiger partial charge in [0.1, 0.15) is 13.2 Å². The number of fused-ring (bicyclic) bond motifs is 1. The van der Waals surface area contributed by atoms with Crippen molar-refractivity contribution < 1.29 is 14.6 Å². The highest BCUT2D eigenvalue weighted by atomic mass is 16.6. The van der Waals surface area contributed by atoms with Crippen LogP contribution < -0.4 is 14.8 Å². The zero-order valence-corrected chi connectivity index (χ0v) is 12.6. The van der Waals surface area contributed by atoms with E-state index in [1.807, 2.05) is 12.1 Å². The highest BCUT2D eigenvalue weighted by molar-refractivity contribution is 5.47. The summed E-state index contributed by atoms with van der Waals surface area (Å²) in [5.41, 5.74) is 0.562. The Balaban J connectivity index is 1.58. The Morgan fingerprint density at radius 2 is 1.81 bits per heavy atom. The first-order valence-electron chi connectivity index (χ1n) is 8.07. The molecule has 21 heavy (non-hydrogen) atoms. The van der Waals surface area contributed by atoms with E-state index in [1.54, 1.807) is 0 Å². The molecule has 1 aliphatic heterocycles. The Morgan fingerprint density at radius 3 is 2.62 bits per heavy atom. The lowest BCUT2D eigenvalue weighted by atomic mass is 9.94. The molecule has 0 bridgehead atoms. The second kappa shape index (κ2) is 6.67. The molecule has 3 rings (SSSR count). The van der Waals surface area contributed by atoms with Crippen molar-refractivity contribution in [1.29, 1.82) is 0 Å². The molecule has 1 fully saturated rings. The van der Waals surface area contributed by atoms with E-state index in [-0.39, 0.29) is 0 Å². The first-order valence-corrected chi connectivity index (χ1v) is 8.07. The molecule has 4 nitrogen and oxygen atoms in total. The minimum atomic E-state index is -0.539. The topological polar surface area (TPSA) is 50.7 Å². The average Bonchev–Trinajstić information content (AvgIpc) is 2.73. The molecule has 0 atom stereocenters. The van der Waals surface area contributed by atoms with E-state index in [0.29, 0.717) is 26.3 Å². The van der Waals surface area contributed by atoms with E-state index in [2.05, 4.69) is 11.4 Å². The second-order valence-corrected chi connectivity index (χ2v) is 6.18. The van der Waals surface area contributed by atoms with Crippen LogP contribution in [0, 0.1) is 0 Å². The highest BCUT2D eigenvalue weighted by Gasteiger charge is 2.27. The van der Waals surface area contributed by atoms with Crippen molar-refractivity contribution in [3.05, 3.63) is 23.8 Å². The van der Waals surface area contributed by atoms with E-state index in [4.69, 9.17) is 9.47 Å². The fourth-order valence-electron chi connectivity index (χ4n) is 3.27. The lowest BCUT2D eigenvalue weighted by Crippen LogP contribution is -2.40. The average molecular weight is 291 g/mol. The summed E-state index contributed by atoms with van der Waals surface area (Å²) in [6.45, 7) is 2.57. The molecule has 0 unspecified atom stereocenters. The largest absolute Gasteiger partial charge is 0.486 e. The van der Waals surface area contributed by atoms with Crippen LogP contribution in [0.25, 0.3) is 0 Å². The van der Waals surface area contributed by atoms with Gasteiger partial charge in [0.15, 0.2) is 11.5 Å². The fraction of sp³-hybridized carbons (Fsp3) is 0.647. The Bertz CT molecular complexity index is 467. The molecule has 2 aliphatic rings. The standard InChI is InChI=1S/C17H25NO3/c19-17(8-3-1-2-4-9-17)13-18-12-14-6-5-7-15-16(14)21-11-10-20-15/h5-7,18-19H,1-4,8-13H2. The summed E-state index contributed by atoms with van der Waals surface area (Å²) in [5.74, 6) is 1.68. The van der Waals surface area contributed by atoms with Crippen molar-refractivity contribution in [1.82, 2.24) is 5.32 Å². The molecule has 1 heterocycles. The third-order valence-electron chi connectivity index (χ3n) is 4.45. The van der Waals surface area contributed by atoms with Gasteiger partial charge in [-0.3, -0.25) is 0 Å². The van der Waals surface area contributed by atoms with Crippen LogP contribution in [0.1, 0.15) is 44.1 Å². The van der Waals surface area contributed by atoms with Crippen LogP contribution in [0.4, 0.5) is 0 Å². The van der Waals surface area contributed by atoms with Gasteiger partial charge >= 0.3 is 0 Å². The molecule has 2 N–H and O–H groups in total. The molecular weight excluding hydrogens is 266 g/mol. The van der Waals surface area contributed by atoms with Crippen LogP contribution in [0.5, 0.6) is 11.5 Å². The molecule has 0 aromatic heterocycles. The van der Waals surface area contributed by atoms with Crippen LogP contribution in [0.2, 0.25) is 0 Å². The number of ether oxygens (including phenoxy) is 2. The number of aliphatic hydroxyl groups is 1. The van der Waals surface area contributed by atoms with Gasteiger partial charge in [-0.25, -0.2) is 0 Å². The number of para-hydroxylation sites is 1. The van der Waals surface area contributed by atoms with Crippen molar-refractivity contribution in [2.24, 2.45) is 0 Å². The minimum absolute atomic E-state index is 0.539. The lowest BCUT2D eigenvalue weighted by molar-refractivity contribution is 0.0249. The van der Waals surface area contributed by atoms with Crippen LogP contribution in [0.3, 0.4) is 0 Å². The molecule has 0 spiro atoms. The van der Waals surface area contributed by atoms with Gasteiger partial charge in [0.05, 0.1) is 5.60 Å². The quantitative estimate of drug-likeness (QED) is 0.837. The van der Waals surface area contributed by atoms with Crippen LogP contribution in [-0.2, 0) is 6.54 Å². The maximum absolute atomic E-state index is 10.6. The van der Waals surface area contributed by atoms with Gasteiger partial charge in [-0.05, 0) is 18.9 Å². The van der Waals surface area contributed by atoms with Gasteiger partial charge in [-0.1, -0.05) is 37.8 Å². The second-order valence-electron chi connectivity index (χ2n) is 6.18. The van der Waals surface area contributed by atoms with Crippen LogP contribution in [-0.4, -0.2) is 30.5 Å². The van der Waals surface area contributed by atoms with Crippen molar-refractivity contribution in [3.8, 4) is 11.5 Å². The lowest BCUT2D eigenvalue weighted by Gasteiger charge is -2.27. The predicted octanol–water partition coefficient (Wildman–Crippen LogP) is 2.63. The summed E-state index contributed by atoms with van der Waals surface area (Å²) in [5, 5.41) is 14.1. The highest BCUT2D eigenvalue weighted by Crippen LogP contribution is 2.33. The molecular formula is C17H25NO3. The van der Waals surface area contributed by atoms with Gasteiger partial charge in [0, 0.05) is 18.7 Å². The summed E-state index contributed by atoms with van der Waals surface area (Å²) in [7, 11) is 0. The number of rotatable bonds is 4. The van der Waals surface area contributed by atoms with Crippen molar-refractivity contribution in [3.63, 3.8) is 0 Å². The summed E-state index contributed by atoms with van der Waals surface area (Å²) < 4.78 is 11.3. The molecule has 1 aromatic carbocycles. The van der Waals surface area contributed by atoms with E-state index >= 15 is 0 Å². The monoisotopic (exact) mass is 291 g/mol. The number of benzene rings is 1. The van der Waals surface area contributed by atoms with Crippen molar-refractivity contribution in [2.45, 2.75) is 50.7 Å². The molecule has 0 radical (unpaired) electrons. The van der Waals surface area contributed by atoms with E-state index in [0.717, 1.165) is 42.7 Å². The molecule has 0 amide bonds. The summed E-state index contributed by atoms with van der Waals surface area (Å²) >= 11 is 0. The molecule has 4 heteroatoms. The van der Waals surface area contributed by atoms with Crippen molar-refractivity contribution in [2.75, 3.05) is 19.8 Å². The van der Waals surface area contributed by atoms with Gasteiger partial charge in [-0.15, -0.1) is 0 Å². The molecule has 1 aliphatic carbocycles. The zero-order valence-electron chi connectivity index (χ0n) is 12.6. The maximum atomic E-state index is 10.6. The summed E-state index contributed by atoms with van der Waals surface area (Å²) in [4.78, 5) is 0. The number of hydrogen-bond acceptors (Lipinski definition) is 4. The van der Waals surface area contributed by atoms with Crippen LogP contribution in [0.15, 0.2) is 18.2 Å². The molecule has 1 saturated carbocycles. The molecule has 1 aromatic rings. The van der Waals surface area contributed by atoms with E-state index in [9.17, 15) is 5.11 Å². The first kappa shape index (κ1) is 14.7. The normalized spacial score (nSPS) is 20.8. The Kier molecular flexibility index (Phi) is 4.66. The summed E-state index contributed by atoms with van der Waals surface area (Å²) in [6, 6.07) is 5.99. The Hall–Kier alpha value is -1.26. The fourth-order valence-corrected chi connectivity index (χ4v) is 3.27. The Morgan fingerprint density at radius 1 is 1.05 bits per heavy atom. The molecule has 0 saturated heterocycles. The van der Waals surface area contributed by atoms with E-state index in [1.165, 1.54) is 12.8 Å². The third-order valence-corrected chi connectivity index (χ3v) is 4.45. The predicted molar refractivity (Wildman–Crippen MR) is 81.8 cm³/mol. The SMILES string of the molecule is OC1(CNCc2cccc3c2OCCO3)CCCCCC1. The first-order chi connectivity index (χ1) is 10.3. The van der Waals surface area contributed by atoms with Crippen LogP contribution >= 0.6 is 0 Å². The van der Waals surface area contributed by atoms with Gasteiger partial charge in [0.2, 0.25) is 0 Å².